The van der Waals surface area contributed by atoms with Crippen LogP contribution in [-0.4, -0.2) is 16.7 Å². The van der Waals surface area contributed by atoms with Gasteiger partial charge < -0.3 is 5.11 Å². The number of phenolic OH excluding ortho intramolecular Hbond substituents is 1. The first kappa shape index (κ1) is 9.40. The molecule has 0 radical (unpaired) electrons. The number of phenols is 1. The Bertz CT molecular complexity index is 495. The average Bonchev–Trinajstić information content (AvgIpc) is 2.22. The molecule has 0 atom stereocenters. The van der Waals surface area contributed by atoms with Gasteiger partial charge in [0.25, 0.3) is 0 Å². The molecular weight excluding hydrogens is 192 g/mol. The first-order valence-electron chi connectivity index (χ1n) is 4.44. The molecular formula is C12H8O3. The topological polar surface area (TPSA) is 54.4 Å². The van der Waals surface area contributed by atoms with Gasteiger partial charge in [-0.05, 0) is 35.9 Å². The second-order valence-corrected chi connectivity index (χ2v) is 3.21. The van der Waals surface area contributed by atoms with Crippen LogP contribution in [0.1, 0.15) is 5.56 Å². The summed E-state index contributed by atoms with van der Waals surface area (Å²) in [7, 11) is 0. The summed E-state index contributed by atoms with van der Waals surface area (Å²) < 4.78 is 0. The van der Waals surface area contributed by atoms with E-state index in [2.05, 4.69) is 0 Å². The summed E-state index contributed by atoms with van der Waals surface area (Å²) in [4.78, 5) is 22.6. The van der Waals surface area contributed by atoms with Crippen molar-refractivity contribution in [3.63, 3.8) is 0 Å². The van der Waals surface area contributed by atoms with Crippen LogP contribution < -0.4 is 0 Å². The zero-order chi connectivity index (χ0) is 10.8. The van der Waals surface area contributed by atoms with Gasteiger partial charge in [-0.25, -0.2) is 0 Å². The predicted octanol–water partition coefficient (Wildman–Crippen LogP) is 1.48. The van der Waals surface area contributed by atoms with Gasteiger partial charge in [-0.15, -0.1) is 0 Å². The van der Waals surface area contributed by atoms with Crippen LogP contribution in [0.2, 0.25) is 0 Å². The molecule has 0 unspecified atom stereocenters. The predicted molar refractivity (Wildman–Crippen MR) is 55.2 cm³/mol. The lowest BCUT2D eigenvalue weighted by atomic mass is 9.96. The maximum atomic E-state index is 11.5. The van der Waals surface area contributed by atoms with E-state index in [0.717, 1.165) is 0 Å². The monoisotopic (exact) mass is 200 g/mol. The van der Waals surface area contributed by atoms with Crippen molar-refractivity contribution in [1.82, 2.24) is 0 Å². The molecule has 0 amide bonds. The van der Waals surface area contributed by atoms with Gasteiger partial charge in [0, 0.05) is 5.57 Å². The summed E-state index contributed by atoms with van der Waals surface area (Å²) >= 11 is 0. The molecule has 0 fully saturated rings. The van der Waals surface area contributed by atoms with Crippen molar-refractivity contribution in [2.45, 2.75) is 0 Å². The standard InChI is InChI=1S/C12H8O3/c13-9-3-1-2-8(6-9)11-7-10(14)4-5-12(11)15/h1-7,13H. The molecule has 0 aliphatic heterocycles. The van der Waals surface area contributed by atoms with E-state index < -0.39 is 0 Å². The first-order valence-corrected chi connectivity index (χ1v) is 4.44. The minimum atomic E-state index is -0.222. The summed E-state index contributed by atoms with van der Waals surface area (Å²) in [5.41, 5.74) is 0.871. The van der Waals surface area contributed by atoms with Crippen LogP contribution in [0.3, 0.4) is 0 Å². The van der Waals surface area contributed by atoms with E-state index in [1.54, 1.807) is 12.1 Å². The fourth-order valence-electron chi connectivity index (χ4n) is 1.41. The van der Waals surface area contributed by atoms with Crippen molar-refractivity contribution in [3.8, 4) is 5.75 Å². The van der Waals surface area contributed by atoms with E-state index in [0.29, 0.717) is 11.1 Å². The van der Waals surface area contributed by atoms with Gasteiger partial charge in [0.05, 0.1) is 0 Å². The maximum absolute atomic E-state index is 11.5. The zero-order valence-electron chi connectivity index (χ0n) is 7.81. The molecule has 3 heteroatoms. The number of benzene rings is 1. The molecule has 0 spiro atoms. The van der Waals surface area contributed by atoms with Gasteiger partial charge in [-0.2, -0.15) is 0 Å². The minimum Gasteiger partial charge on any atom is -0.508 e. The van der Waals surface area contributed by atoms with Crippen molar-refractivity contribution in [1.29, 1.82) is 0 Å². The number of ketones is 2. The van der Waals surface area contributed by atoms with Crippen LogP contribution in [0.15, 0.2) is 42.5 Å². The molecule has 0 saturated heterocycles. The van der Waals surface area contributed by atoms with Gasteiger partial charge in [0.15, 0.2) is 11.6 Å². The molecule has 1 aliphatic rings. The number of hydrogen-bond acceptors (Lipinski definition) is 3. The Labute approximate surface area is 86.4 Å². The third-order valence-corrected chi connectivity index (χ3v) is 2.11. The Balaban J connectivity index is 2.47. The number of allylic oxidation sites excluding steroid dienone is 4. The molecule has 74 valence electrons. The van der Waals surface area contributed by atoms with Gasteiger partial charge >= 0.3 is 0 Å². The maximum Gasteiger partial charge on any atom is 0.186 e. The van der Waals surface area contributed by atoms with Crippen molar-refractivity contribution in [2.24, 2.45) is 0 Å². The van der Waals surface area contributed by atoms with E-state index >= 15 is 0 Å². The van der Waals surface area contributed by atoms with Gasteiger partial charge in [0.2, 0.25) is 0 Å². The van der Waals surface area contributed by atoms with Gasteiger partial charge in [-0.1, -0.05) is 12.1 Å². The van der Waals surface area contributed by atoms with Crippen LogP contribution in [0.5, 0.6) is 5.75 Å². The van der Waals surface area contributed by atoms with Gasteiger partial charge in [-0.3, -0.25) is 9.59 Å². The van der Waals surface area contributed by atoms with E-state index in [-0.39, 0.29) is 17.3 Å². The fraction of sp³-hybridized carbons (Fsp3) is 0. The Morgan fingerprint density at radius 3 is 2.60 bits per heavy atom. The normalized spacial score (nSPS) is 15.3. The van der Waals surface area contributed by atoms with Crippen molar-refractivity contribution in [3.05, 3.63) is 48.1 Å². The number of rotatable bonds is 1. The molecule has 0 bridgehead atoms. The second-order valence-electron chi connectivity index (χ2n) is 3.21. The molecule has 0 aromatic heterocycles. The smallest absolute Gasteiger partial charge is 0.186 e. The Morgan fingerprint density at radius 1 is 1.07 bits per heavy atom. The van der Waals surface area contributed by atoms with Crippen molar-refractivity contribution in [2.75, 3.05) is 0 Å². The molecule has 1 N–H and O–H groups in total. The fourth-order valence-corrected chi connectivity index (χ4v) is 1.41. The van der Waals surface area contributed by atoms with E-state index in [1.807, 2.05) is 0 Å². The zero-order valence-corrected chi connectivity index (χ0v) is 7.81. The highest BCUT2D eigenvalue weighted by Gasteiger charge is 2.14. The minimum absolute atomic E-state index is 0.0724. The number of hydrogen-bond donors (Lipinski definition) is 1. The van der Waals surface area contributed by atoms with Crippen LogP contribution >= 0.6 is 0 Å². The quantitative estimate of drug-likeness (QED) is 0.698. The molecule has 1 aliphatic carbocycles. The molecule has 1 aromatic carbocycles. The first-order chi connectivity index (χ1) is 7.16. The highest BCUT2D eigenvalue weighted by molar-refractivity contribution is 6.33. The SMILES string of the molecule is O=C1C=CC(=O)C(c2cccc(O)c2)=C1. The van der Waals surface area contributed by atoms with Gasteiger partial charge in [0.1, 0.15) is 5.75 Å². The van der Waals surface area contributed by atoms with Crippen LogP contribution in [0.4, 0.5) is 0 Å². The highest BCUT2D eigenvalue weighted by Crippen LogP contribution is 2.22. The van der Waals surface area contributed by atoms with E-state index in [4.69, 9.17) is 0 Å². The van der Waals surface area contributed by atoms with Crippen molar-refractivity contribution >= 4 is 17.1 Å². The second kappa shape index (κ2) is 3.53. The Hall–Kier alpha value is -2.16. The summed E-state index contributed by atoms with van der Waals surface area (Å²) in [5.74, 6) is -0.364. The third kappa shape index (κ3) is 1.86. The Kier molecular flexibility index (Phi) is 2.21. The summed E-state index contributed by atoms with van der Waals surface area (Å²) in [6.45, 7) is 0. The van der Waals surface area contributed by atoms with Crippen LogP contribution in [0, 0.1) is 0 Å². The lowest BCUT2D eigenvalue weighted by Crippen LogP contribution is -2.06. The summed E-state index contributed by atoms with van der Waals surface area (Å²) in [6, 6.07) is 6.27. The number of carbonyl (C=O) groups is 2. The third-order valence-electron chi connectivity index (χ3n) is 2.11. The molecule has 3 nitrogen and oxygen atoms in total. The number of aromatic hydroxyl groups is 1. The van der Waals surface area contributed by atoms with Crippen LogP contribution in [0.25, 0.3) is 5.57 Å². The molecule has 1 aromatic rings. The summed E-state index contributed by atoms with van der Waals surface area (Å²) in [6.07, 6.45) is 3.74. The van der Waals surface area contributed by atoms with Crippen molar-refractivity contribution < 1.29 is 14.7 Å². The van der Waals surface area contributed by atoms with Crippen LogP contribution in [-0.2, 0) is 9.59 Å². The summed E-state index contributed by atoms with van der Waals surface area (Å²) in [5, 5.41) is 9.25. The molecule has 2 rings (SSSR count). The van der Waals surface area contributed by atoms with E-state index in [9.17, 15) is 14.7 Å². The lowest BCUT2D eigenvalue weighted by Gasteiger charge is -2.06. The lowest BCUT2D eigenvalue weighted by molar-refractivity contribution is -0.113. The molecule has 15 heavy (non-hydrogen) atoms. The average molecular weight is 200 g/mol. The molecule has 0 saturated carbocycles. The highest BCUT2D eigenvalue weighted by atomic mass is 16.3. The largest absolute Gasteiger partial charge is 0.508 e. The van der Waals surface area contributed by atoms with E-state index in [1.165, 1.54) is 30.4 Å². The Morgan fingerprint density at radius 2 is 1.87 bits per heavy atom. The number of carbonyl (C=O) groups excluding carboxylic acids is 2. The molecule has 0 heterocycles.